The van der Waals surface area contributed by atoms with Crippen molar-refractivity contribution in [1.29, 1.82) is 0 Å². The highest BCUT2D eigenvalue weighted by Crippen LogP contribution is 2.18. The van der Waals surface area contributed by atoms with Gasteiger partial charge >= 0.3 is 0 Å². The molecule has 4 heteroatoms. The Morgan fingerprint density at radius 3 is 1.91 bits per heavy atom. The highest BCUT2D eigenvalue weighted by atomic mass is 35.5. The first kappa shape index (κ1) is 29.6. The van der Waals surface area contributed by atoms with E-state index in [1.807, 2.05) is 37.3 Å². The van der Waals surface area contributed by atoms with Gasteiger partial charge < -0.3 is 27.9 Å². The van der Waals surface area contributed by atoms with Gasteiger partial charge in [-0.05, 0) is 36.5 Å². The summed E-state index contributed by atoms with van der Waals surface area (Å²) < 4.78 is 0. The van der Waals surface area contributed by atoms with E-state index in [0.717, 1.165) is 24.1 Å². The number of unbranched alkanes of at least 4 members (excludes halogenated alkanes) is 8. The Bertz CT molecular complexity index is 707. The minimum absolute atomic E-state index is 0. The van der Waals surface area contributed by atoms with E-state index in [-0.39, 0.29) is 18.4 Å². The number of rotatable bonds is 17. The summed E-state index contributed by atoms with van der Waals surface area (Å²) in [4.78, 5) is 0. The summed E-state index contributed by atoms with van der Waals surface area (Å²) in [5.74, 6) is 0. The summed E-state index contributed by atoms with van der Waals surface area (Å²) in [6.45, 7) is 5.09. The molecule has 0 saturated carbocycles. The lowest BCUT2D eigenvalue weighted by molar-refractivity contribution is -0.695. The zero-order chi connectivity index (χ0) is 23.0. The van der Waals surface area contributed by atoms with Crippen molar-refractivity contribution in [1.82, 2.24) is 0 Å². The van der Waals surface area contributed by atoms with Crippen LogP contribution in [0.5, 0.6) is 0 Å². The second kappa shape index (κ2) is 18.0. The average Bonchev–Trinajstić information content (AvgIpc) is 2.83. The normalized spacial score (nSPS) is 13.8. The molecule has 3 nitrogen and oxygen atoms in total. The number of halogens is 1. The van der Waals surface area contributed by atoms with Crippen molar-refractivity contribution >= 4 is 0 Å². The number of hydrogen-bond donors (Lipinski definition) is 3. The number of benzene rings is 2. The van der Waals surface area contributed by atoms with Gasteiger partial charge in [0.15, 0.2) is 0 Å². The molecule has 0 amide bonds. The summed E-state index contributed by atoms with van der Waals surface area (Å²) in [5.41, 5.74) is 3.31. The zero-order valence-corrected chi connectivity index (χ0v) is 21.5. The smallest absolute Gasteiger partial charge is 0.130 e. The van der Waals surface area contributed by atoms with Crippen LogP contribution in [0.4, 0.5) is 0 Å². The Hall–Kier alpha value is -1.39. The fourth-order valence-electron chi connectivity index (χ4n) is 4.31. The molecule has 0 aromatic heterocycles. The molecular formula is C29H46ClNO2. The molecular weight excluding hydrogens is 430 g/mol. The van der Waals surface area contributed by atoms with Crippen LogP contribution in [0.15, 0.2) is 54.6 Å². The Labute approximate surface area is 208 Å². The van der Waals surface area contributed by atoms with E-state index in [9.17, 15) is 10.2 Å². The van der Waals surface area contributed by atoms with Crippen LogP contribution >= 0.6 is 0 Å². The first-order chi connectivity index (χ1) is 15.6. The molecule has 2 aromatic carbocycles. The van der Waals surface area contributed by atoms with Gasteiger partial charge in [0, 0.05) is 6.42 Å². The third-order valence-corrected chi connectivity index (χ3v) is 6.55. The van der Waals surface area contributed by atoms with Crippen molar-refractivity contribution in [2.75, 3.05) is 6.54 Å². The third kappa shape index (κ3) is 12.0. The predicted octanol–water partition coefficient (Wildman–Crippen LogP) is 2.87. The van der Waals surface area contributed by atoms with Gasteiger partial charge in [0.25, 0.3) is 0 Å². The molecule has 0 heterocycles. The fourth-order valence-corrected chi connectivity index (χ4v) is 4.31. The molecule has 3 unspecified atom stereocenters. The largest absolute Gasteiger partial charge is 1.00 e. The Balaban J connectivity index is 0.00000544. The molecule has 0 radical (unpaired) electrons. The summed E-state index contributed by atoms with van der Waals surface area (Å²) in [5, 5.41) is 23.1. The number of nitrogens with two attached hydrogens (primary N) is 1. The van der Waals surface area contributed by atoms with Crippen LogP contribution in [0.3, 0.4) is 0 Å². The standard InChI is InChI=1S/C29H45NO2.ClH/c1-3-4-5-6-7-8-9-10-12-15-25-18-20-26(21-19-25)28(31)22-23-30-24(2)29(32)27-16-13-11-14-17-27;/h11,13-14,16-21,24,28-32H,3-10,12,15,22-23H2,1-2H3;1H. The minimum atomic E-state index is -0.492. The second-order valence-electron chi connectivity index (χ2n) is 9.36. The van der Waals surface area contributed by atoms with E-state index in [2.05, 4.69) is 36.5 Å². The average molecular weight is 476 g/mol. The van der Waals surface area contributed by atoms with Crippen LogP contribution in [0, 0.1) is 0 Å². The minimum Gasteiger partial charge on any atom is -1.00 e. The van der Waals surface area contributed by atoms with Crippen molar-refractivity contribution in [2.45, 2.75) is 103 Å². The van der Waals surface area contributed by atoms with Crippen molar-refractivity contribution in [3.8, 4) is 0 Å². The van der Waals surface area contributed by atoms with Crippen LogP contribution in [0.25, 0.3) is 0 Å². The van der Waals surface area contributed by atoms with Gasteiger partial charge in [0.05, 0.1) is 12.6 Å². The molecule has 186 valence electrons. The first-order valence-corrected chi connectivity index (χ1v) is 12.9. The van der Waals surface area contributed by atoms with E-state index in [1.165, 1.54) is 63.4 Å². The van der Waals surface area contributed by atoms with E-state index < -0.39 is 12.2 Å². The zero-order valence-electron chi connectivity index (χ0n) is 20.8. The first-order valence-electron chi connectivity index (χ1n) is 12.9. The maximum Gasteiger partial charge on any atom is 0.130 e. The summed E-state index contributed by atoms with van der Waals surface area (Å²) in [6.07, 6.45) is 13.1. The van der Waals surface area contributed by atoms with Gasteiger partial charge in [0.1, 0.15) is 12.1 Å². The van der Waals surface area contributed by atoms with Gasteiger partial charge in [-0.2, -0.15) is 0 Å². The lowest BCUT2D eigenvalue weighted by Crippen LogP contribution is -3.00. The Morgan fingerprint density at radius 2 is 1.30 bits per heavy atom. The number of quaternary nitrogens is 1. The highest BCUT2D eigenvalue weighted by Gasteiger charge is 2.19. The van der Waals surface area contributed by atoms with Crippen LogP contribution in [-0.4, -0.2) is 22.8 Å². The lowest BCUT2D eigenvalue weighted by Gasteiger charge is -2.19. The maximum absolute atomic E-state index is 10.5. The lowest BCUT2D eigenvalue weighted by atomic mass is 10.0. The Kier molecular flexibility index (Phi) is 16.2. The summed E-state index contributed by atoms with van der Waals surface area (Å²) in [7, 11) is 0. The van der Waals surface area contributed by atoms with Gasteiger partial charge in [0.2, 0.25) is 0 Å². The second-order valence-corrected chi connectivity index (χ2v) is 9.36. The van der Waals surface area contributed by atoms with Crippen molar-refractivity contribution in [2.24, 2.45) is 0 Å². The fraction of sp³-hybridized carbons (Fsp3) is 0.586. The summed E-state index contributed by atoms with van der Waals surface area (Å²) >= 11 is 0. The van der Waals surface area contributed by atoms with E-state index in [0.29, 0.717) is 6.42 Å². The topological polar surface area (TPSA) is 57.1 Å². The monoisotopic (exact) mass is 475 g/mol. The molecule has 2 rings (SSSR count). The van der Waals surface area contributed by atoms with Crippen LogP contribution in [0.2, 0.25) is 0 Å². The van der Waals surface area contributed by atoms with E-state index in [4.69, 9.17) is 0 Å². The third-order valence-electron chi connectivity index (χ3n) is 6.55. The molecule has 0 spiro atoms. The van der Waals surface area contributed by atoms with Crippen LogP contribution < -0.4 is 17.7 Å². The number of hydrogen-bond acceptors (Lipinski definition) is 2. The molecule has 2 aromatic rings. The van der Waals surface area contributed by atoms with Crippen LogP contribution in [0.1, 0.15) is 107 Å². The number of aliphatic hydroxyl groups excluding tert-OH is 2. The molecule has 4 N–H and O–H groups in total. The predicted molar refractivity (Wildman–Crippen MR) is 135 cm³/mol. The Morgan fingerprint density at radius 1 is 0.727 bits per heavy atom. The van der Waals surface area contributed by atoms with Gasteiger partial charge in [-0.1, -0.05) is 113 Å². The molecule has 0 fully saturated rings. The van der Waals surface area contributed by atoms with Crippen molar-refractivity contribution in [3.63, 3.8) is 0 Å². The summed E-state index contributed by atoms with van der Waals surface area (Å²) in [6, 6.07) is 18.4. The highest BCUT2D eigenvalue weighted by molar-refractivity contribution is 5.24. The number of aryl methyl sites for hydroxylation is 1. The number of aliphatic hydroxyl groups is 2. The molecule has 0 saturated heterocycles. The quantitative estimate of drug-likeness (QED) is 0.308. The molecule has 0 bridgehead atoms. The van der Waals surface area contributed by atoms with E-state index >= 15 is 0 Å². The molecule has 3 atom stereocenters. The maximum atomic E-state index is 10.5. The van der Waals surface area contributed by atoms with E-state index in [1.54, 1.807) is 0 Å². The molecule has 0 aliphatic carbocycles. The molecule has 33 heavy (non-hydrogen) atoms. The van der Waals surface area contributed by atoms with Gasteiger partial charge in [-0.15, -0.1) is 0 Å². The van der Waals surface area contributed by atoms with Gasteiger partial charge in [-0.3, -0.25) is 0 Å². The van der Waals surface area contributed by atoms with Crippen molar-refractivity contribution < 1.29 is 27.9 Å². The SMILES string of the molecule is CCCCCCCCCCCc1ccc(C(O)CC[NH2+]C(C)C(O)c2ccccc2)cc1.[Cl-]. The molecule has 0 aliphatic rings. The molecule has 0 aliphatic heterocycles. The van der Waals surface area contributed by atoms with Crippen LogP contribution in [-0.2, 0) is 6.42 Å². The van der Waals surface area contributed by atoms with Gasteiger partial charge in [-0.25, -0.2) is 0 Å². The van der Waals surface area contributed by atoms with Crippen molar-refractivity contribution in [3.05, 3.63) is 71.3 Å².